The predicted molar refractivity (Wildman–Crippen MR) is 91.4 cm³/mol. The Kier molecular flexibility index (Phi) is 7.43. The van der Waals surface area contributed by atoms with Gasteiger partial charge in [-0.1, -0.05) is 11.6 Å². The van der Waals surface area contributed by atoms with Gasteiger partial charge in [-0.05, 0) is 27.7 Å². The number of hydroxylamine groups is 2. The molecule has 2 atom stereocenters. The van der Waals surface area contributed by atoms with Crippen molar-refractivity contribution in [2.45, 2.75) is 45.4 Å². The minimum Gasteiger partial charge on any atom is -0.444 e. The van der Waals surface area contributed by atoms with Gasteiger partial charge in [-0.25, -0.2) is 9.86 Å². The van der Waals surface area contributed by atoms with Crippen LogP contribution in [0.25, 0.3) is 0 Å². The van der Waals surface area contributed by atoms with Crippen molar-refractivity contribution in [3.8, 4) is 0 Å². The van der Waals surface area contributed by atoms with Gasteiger partial charge in [0.1, 0.15) is 5.60 Å². The highest BCUT2D eigenvalue weighted by Crippen LogP contribution is 2.23. The quantitative estimate of drug-likeness (QED) is 0.320. The van der Waals surface area contributed by atoms with Crippen molar-refractivity contribution >= 4 is 38.6 Å². The number of nitrogens with zero attached hydrogens (tertiary/aromatic N) is 2. The van der Waals surface area contributed by atoms with Crippen molar-refractivity contribution in [1.82, 2.24) is 9.96 Å². The van der Waals surface area contributed by atoms with E-state index in [4.69, 9.17) is 8.63 Å². The van der Waals surface area contributed by atoms with Gasteiger partial charge >= 0.3 is 18.4 Å². The van der Waals surface area contributed by atoms with Gasteiger partial charge in [0.05, 0.1) is 18.7 Å². The Labute approximate surface area is 144 Å². The molecule has 0 aromatic carbocycles. The second kappa shape index (κ2) is 8.13. The molecular formula is C13H24AlIN2O4. The smallest absolute Gasteiger partial charge is 0.444 e. The highest BCUT2D eigenvalue weighted by Gasteiger charge is 2.35. The van der Waals surface area contributed by atoms with Crippen molar-refractivity contribution in [3.63, 3.8) is 0 Å². The number of halogens is 1. The summed E-state index contributed by atoms with van der Waals surface area (Å²) in [6.45, 7) is 7.75. The molecule has 0 spiro atoms. The number of carbonyl (C=O) groups excluding carboxylic acids is 1. The Morgan fingerprint density at radius 3 is 2.71 bits per heavy atom. The third-order valence-electron chi connectivity index (χ3n) is 3.26. The second-order valence-electron chi connectivity index (χ2n) is 6.09. The molecule has 1 N–H and O–H groups in total. The van der Waals surface area contributed by atoms with E-state index in [2.05, 4.69) is 20.3 Å². The lowest BCUT2D eigenvalue weighted by molar-refractivity contribution is -0.0674. The molecule has 6 nitrogen and oxygen atoms in total. The molecule has 8 heteroatoms. The van der Waals surface area contributed by atoms with Gasteiger partial charge in [0.25, 0.3) is 0 Å². The fourth-order valence-electron chi connectivity index (χ4n) is 2.20. The third kappa shape index (κ3) is 5.69. The third-order valence-corrected chi connectivity index (χ3v) is 4.60. The van der Waals surface area contributed by atoms with Gasteiger partial charge in [-0.2, -0.15) is 20.3 Å². The molecule has 1 heterocycles. The SMILES string of the molecule is CC1=C[C@@H](N(C)[O][AlH][I])CN(C(=O)OC(C)(C)C)[C@@H]1CO. The molecule has 0 aromatic rings. The van der Waals surface area contributed by atoms with E-state index in [1.54, 1.807) is 9.96 Å². The number of amides is 1. The van der Waals surface area contributed by atoms with Gasteiger partial charge < -0.3 is 13.7 Å². The zero-order valence-electron chi connectivity index (χ0n) is 13.3. The van der Waals surface area contributed by atoms with E-state index in [0.29, 0.717) is 6.54 Å². The molecule has 0 saturated heterocycles. The molecular weight excluding hydrogens is 402 g/mol. The Balaban J connectivity index is 2.91. The molecule has 1 aliphatic rings. The van der Waals surface area contributed by atoms with E-state index in [0.717, 1.165) is 5.57 Å². The number of rotatable bonds is 4. The van der Waals surface area contributed by atoms with Crippen LogP contribution in [-0.2, 0) is 8.63 Å². The van der Waals surface area contributed by atoms with Crippen LogP contribution in [-0.4, -0.2) is 71.3 Å². The maximum Gasteiger partial charge on any atom is 0.547 e. The molecule has 0 unspecified atom stereocenters. The molecule has 120 valence electrons. The topological polar surface area (TPSA) is 62.2 Å². The number of hydrogen-bond acceptors (Lipinski definition) is 5. The number of ether oxygens (including phenoxy) is 1. The highest BCUT2D eigenvalue weighted by molar-refractivity contribution is 14.1. The van der Waals surface area contributed by atoms with Crippen LogP contribution < -0.4 is 0 Å². The Hall–Kier alpha value is 0.152. The molecule has 0 aromatic heterocycles. The number of carbonyl (C=O) groups is 1. The number of aliphatic hydroxyl groups excluding tert-OH is 1. The van der Waals surface area contributed by atoms with E-state index in [1.807, 2.05) is 40.8 Å². The van der Waals surface area contributed by atoms with E-state index < -0.39 is 24.0 Å². The van der Waals surface area contributed by atoms with Gasteiger partial charge in [0.2, 0.25) is 0 Å². The molecule has 0 fully saturated rings. The Morgan fingerprint density at radius 2 is 2.24 bits per heavy atom. The average Bonchev–Trinajstić information content (AvgIpc) is 2.35. The van der Waals surface area contributed by atoms with Crippen molar-refractivity contribution in [2.24, 2.45) is 0 Å². The summed E-state index contributed by atoms with van der Waals surface area (Å²) in [5, 5.41) is 11.4. The fraction of sp³-hybridized carbons (Fsp3) is 0.769. The number of likely N-dealkylation sites (N-methyl/N-ethyl adjacent to an activating group) is 1. The Bertz CT molecular complexity index is 400. The zero-order chi connectivity index (χ0) is 16.2. The van der Waals surface area contributed by atoms with Crippen LogP contribution in [0, 0.1) is 0 Å². The highest BCUT2D eigenvalue weighted by atomic mass is 127. The normalized spacial score (nSPS) is 23.0. The van der Waals surface area contributed by atoms with Crippen molar-refractivity contribution < 1.29 is 18.5 Å². The first-order valence-electron chi connectivity index (χ1n) is 6.90. The molecule has 1 rings (SSSR count). The summed E-state index contributed by atoms with van der Waals surface area (Å²) in [6.07, 6.45) is 1.64. The predicted octanol–water partition coefficient (Wildman–Crippen LogP) is 1.48. The van der Waals surface area contributed by atoms with Crippen molar-refractivity contribution in [1.29, 1.82) is 0 Å². The largest absolute Gasteiger partial charge is 0.547 e. The summed E-state index contributed by atoms with van der Waals surface area (Å²) < 4.78 is 11.0. The molecule has 0 saturated carbocycles. The maximum atomic E-state index is 12.4. The van der Waals surface area contributed by atoms with Gasteiger partial charge in [0, 0.05) is 13.6 Å². The molecule has 21 heavy (non-hydrogen) atoms. The van der Waals surface area contributed by atoms with Crippen LogP contribution >= 0.6 is 20.3 Å². The van der Waals surface area contributed by atoms with Gasteiger partial charge in [0.15, 0.2) is 0 Å². The summed E-state index contributed by atoms with van der Waals surface area (Å²) in [6, 6.07) is -0.357. The molecule has 0 bridgehead atoms. The summed E-state index contributed by atoms with van der Waals surface area (Å²) in [7, 11) is 1.87. The van der Waals surface area contributed by atoms with Crippen molar-refractivity contribution in [2.75, 3.05) is 20.2 Å². The molecule has 0 radical (unpaired) electrons. The molecule has 0 aliphatic carbocycles. The lowest BCUT2D eigenvalue weighted by Gasteiger charge is -2.41. The zero-order valence-corrected chi connectivity index (χ0v) is 16.9. The standard InChI is InChI=1S/C13H23N2O4.Al.HI.H/c1-9-6-10(14(5)18)7-15(11(9)8-16)12(17)19-13(2,3)4;;;/h6,10-11,16H,7-8H2,1-5H3;;1H;/q-1;+2;;/p-1/t10-,11-;;;/m1.../s1. The van der Waals surface area contributed by atoms with Gasteiger partial charge in [-0.3, -0.25) is 4.90 Å². The second-order valence-corrected chi connectivity index (χ2v) is 8.44. The molecule has 1 amide bonds. The summed E-state index contributed by atoms with van der Waals surface area (Å²) in [5.41, 5.74) is 0.393. The van der Waals surface area contributed by atoms with Crippen LogP contribution in [0.1, 0.15) is 27.7 Å². The van der Waals surface area contributed by atoms with Gasteiger partial charge in [-0.15, -0.1) is 0 Å². The van der Waals surface area contributed by atoms with Crippen LogP contribution in [0.3, 0.4) is 0 Å². The first-order valence-corrected chi connectivity index (χ1v) is 12.6. The Morgan fingerprint density at radius 1 is 1.62 bits per heavy atom. The van der Waals surface area contributed by atoms with Crippen LogP contribution in [0.4, 0.5) is 4.79 Å². The van der Waals surface area contributed by atoms with Crippen LogP contribution in [0.2, 0.25) is 0 Å². The van der Waals surface area contributed by atoms with E-state index in [1.165, 1.54) is 0 Å². The van der Waals surface area contributed by atoms with Crippen LogP contribution in [0.5, 0.6) is 0 Å². The minimum absolute atomic E-state index is 0.0254. The summed E-state index contributed by atoms with van der Waals surface area (Å²) in [4.78, 5) is 14.0. The first kappa shape index (κ1) is 19.2. The van der Waals surface area contributed by atoms with Crippen molar-refractivity contribution in [3.05, 3.63) is 11.6 Å². The molecule has 1 aliphatic heterocycles. The lowest BCUT2D eigenvalue weighted by Crippen LogP contribution is -2.54. The lowest BCUT2D eigenvalue weighted by atomic mass is 9.99. The summed E-state index contributed by atoms with van der Waals surface area (Å²) >= 11 is 1.67. The average molecular weight is 426 g/mol. The fourth-order valence-corrected chi connectivity index (χ4v) is 3.86. The first-order chi connectivity index (χ1) is 9.69. The monoisotopic (exact) mass is 426 g/mol. The number of hydrogen-bond donors (Lipinski definition) is 1. The maximum absolute atomic E-state index is 12.4. The van der Waals surface area contributed by atoms with Crippen LogP contribution in [0.15, 0.2) is 11.6 Å². The summed E-state index contributed by atoms with van der Waals surface area (Å²) in [5.74, 6) is 0. The van der Waals surface area contributed by atoms with E-state index >= 15 is 0 Å². The minimum atomic E-state index is -0.595. The van der Waals surface area contributed by atoms with E-state index in [-0.39, 0.29) is 18.7 Å². The van der Waals surface area contributed by atoms with E-state index in [9.17, 15) is 9.90 Å². The number of aliphatic hydroxyl groups is 1.